The first kappa shape index (κ1) is 25.4. The third-order valence-electron chi connectivity index (χ3n) is 10.1. The van der Waals surface area contributed by atoms with Gasteiger partial charge in [0.15, 0.2) is 0 Å². The van der Waals surface area contributed by atoms with Gasteiger partial charge in [-0.05, 0) is 75.6 Å². The molecule has 0 saturated carbocycles. The monoisotopic (exact) mass is 578 g/mol. The highest BCUT2D eigenvalue weighted by molar-refractivity contribution is 6.46. The number of hydrogen-bond donors (Lipinski definition) is 1. The minimum Gasteiger partial charge on any atom is -0.461 e. The number of anilines is 2. The van der Waals surface area contributed by atoms with Crippen molar-refractivity contribution < 1.29 is 4.74 Å². The van der Waals surface area contributed by atoms with Crippen LogP contribution in [-0.4, -0.2) is 71.8 Å². The number of ether oxygens (including phenoxy) is 1. The summed E-state index contributed by atoms with van der Waals surface area (Å²) >= 11 is 13.2. The summed E-state index contributed by atoms with van der Waals surface area (Å²) in [6, 6.07) is 11.9. The largest absolute Gasteiger partial charge is 0.461 e. The second-order valence-corrected chi connectivity index (χ2v) is 13.2. The van der Waals surface area contributed by atoms with Gasteiger partial charge in [-0.2, -0.15) is 9.97 Å². The number of rotatable bonds is 5. The molecule has 9 heteroatoms. The maximum atomic E-state index is 6.76. The topological polar surface area (TPSA) is 56.8 Å². The summed E-state index contributed by atoms with van der Waals surface area (Å²) in [5.74, 6) is 1.09. The van der Waals surface area contributed by atoms with Crippen molar-refractivity contribution in [1.29, 1.82) is 0 Å². The van der Waals surface area contributed by atoms with Crippen LogP contribution in [-0.2, 0) is 13.0 Å². The number of nitrogens with one attached hydrogen (secondary N) is 1. The molecule has 2 atom stereocenters. The predicted molar refractivity (Wildman–Crippen MR) is 161 cm³/mol. The Morgan fingerprint density at radius 1 is 0.950 bits per heavy atom. The van der Waals surface area contributed by atoms with Crippen molar-refractivity contribution in [3.05, 3.63) is 51.6 Å². The lowest BCUT2D eigenvalue weighted by atomic mass is 9.95. The van der Waals surface area contributed by atoms with Gasteiger partial charge in [0.05, 0.1) is 27.8 Å². The van der Waals surface area contributed by atoms with Crippen molar-refractivity contribution in [2.24, 2.45) is 0 Å². The highest BCUT2D eigenvalue weighted by Crippen LogP contribution is 2.41. The highest BCUT2D eigenvalue weighted by atomic mass is 35.5. The van der Waals surface area contributed by atoms with Gasteiger partial charge < -0.3 is 19.9 Å². The number of halogens is 2. The van der Waals surface area contributed by atoms with E-state index in [1.54, 1.807) is 0 Å². The summed E-state index contributed by atoms with van der Waals surface area (Å²) < 4.78 is 6.54. The van der Waals surface area contributed by atoms with Crippen LogP contribution < -0.4 is 19.9 Å². The van der Waals surface area contributed by atoms with Crippen molar-refractivity contribution in [2.75, 3.05) is 49.1 Å². The molecule has 3 aromatic rings. The van der Waals surface area contributed by atoms with E-state index in [-0.39, 0.29) is 5.54 Å². The van der Waals surface area contributed by atoms with Gasteiger partial charge >= 0.3 is 6.01 Å². The number of benzene rings is 2. The molecule has 2 unspecified atom stereocenters. The molecule has 0 aliphatic carbocycles. The molecule has 6 heterocycles. The minimum atomic E-state index is 0.165. The summed E-state index contributed by atoms with van der Waals surface area (Å²) in [6.07, 6.45) is 8.32. The number of nitrogens with zero attached hydrogens (tertiary/aromatic N) is 5. The standard InChI is InChI=1S/C31H36Cl2N6O/c32-24-9-6-20-4-1-5-26(27(20)28(24)33)37-15-10-23-25(18-37)35-30(40-19-31-11-2-13-39(31)14-3-12-31)36-29(23)38-16-21-7-8-22(17-38)34-21/h1,4-6,9,21-22,34H,2-3,7-8,10-19H2. The van der Waals surface area contributed by atoms with Crippen LogP contribution in [0.5, 0.6) is 6.01 Å². The molecule has 210 valence electrons. The quantitative estimate of drug-likeness (QED) is 0.432. The van der Waals surface area contributed by atoms with E-state index < -0.39 is 0 Å². The number of fused-ring (bicyclic) bond motifs is 5. The molecule has 4 fully saturated rings. The maximum Gasteiger partial charge on any atom is 0.318 e. The van der Waals surface area contributed by atoms with Gasteiger partial charge in [-0.15, -0.1) is 0 Å². The molecule has 5 aliphatic rings. The van der Waals surface area contributed by atoms with Crippen LogP contribution in [0.4, 0.5) is 11.5 Å². The van der Waals surface area contributed by atoms with Gasteiger partial charge in [-0.3, -0.25) is 4.90 Å². The molecule has 2 aromatic carbocycles. The summed E-state index contributed by atoms with van der Waals surface area (Å²) in [4.78, 5) is 17.8. The molecule has 0 amide bonds. The number of piperazine rings is 1. The first-order chi connectivity index (χ1) is 19.6. The zero-order chi connectivity index (χ0) is 26.8. The van der Waals surface area contributed by atoms with Crippen LogP contribution in [0.15, 0.2) is 30.3 Å². The van der Waals surface area contributed by atoms with Crippen LogP contribution in [0.25, 0.3) is 10.8 Å². The molecular formula is C31H36Cl2N6O. The third kappa shape index (κ3) is 4.23. The van der Waals surface area contributed by atoms with Crippen LogP contribution >= 0.6 is 23.2 Å². The van der Waals surface area contributed by atoms with E-state index in [1.807, 2.05) is 12.1 Å². The van der Waals surface area contributed by atoms with E-state index in [4.69, 9.17) is 37.9 Å². The van der Waals surface area contributed by atoms with Crippen molar-refractivity contribution in [3.63, 3.8) is 0 Å². The fourth-order valence-electron chi connectivity index (χ4n) is 8.10. The summed E-state index contributed by atoms with van der Waals surface area (Å²) in [5, 5.41) is 7.07. The molecule has 1 aromatic heterocycles. The molecule has 5 aliphatic heterocycles. The van der Waals surface area contributed by atoms with E-state index in [9.17, 15) is 0 Å². The van der Waals surface area contributed by atoms with E-state index in [2.05, 4.69) is 38.2 Å². The Bertz CT molecular complexity index is 1440. The second kappa shape index (κ2) is 9.90. The maximum absolute atomic E-state index is 6.76. The van der Waals surface area contributed by atoms with Crippen LogP contribution in [0.3, 0.4) is 0 Å². The average Bonchev–Trinajstić information content (AvgIpc) is 3.66. The Hall–Kier alpha value is -2.32. The van der Waals surface area contributed by atoms with Crippen LogP contribution in [0.1, 0.15) is 49.8 Å². The Labute approximate surface area is 245 Å². The lowest BCUT2D eigenvalue weighted by Crippen LogP contribution is -2.52. The lowest BCUT2D eigenvalue weighted by molar-refractivity contribution is 0.107. The Morgan fingerprint density at radius 2 is 1.75 bits per heavy atom. The van der Waals surface area contributed by atoms with Crippen molar-refractivity contribution in [3.8, 4) is 6.01 Å². The number of aromatic nitrogens is 2. The molecular weight excluding hydrogens is 543 g/mol. The lowest BCUT2D eigenvalue weighted by Gasteiger charge is -2.38. The van der Waals surface area contributed by atoms with Crippen molar-refractivity contribution >= 4 is 45.5 Å². The summed E-state index contributed by atoms with van der Waals surface area (Å²) in [7, 11) is 0. The van der Waals surface area contributed by atoms with E-state index >= 15 is 0 Å². The molecule has 1 N–H and O–H groups in total. The molecule has 8 rings (SSSR count). The minimum absolute atomic E-state index is 0.165. The van der Waals surface area contributed by atoms with Gasteiger partial charge in [0.25, 0.3) is 0 Å². The van der Waals surface area contributed by atoms with Gasteiger partial charge in [-0.25, -0.2) is 0 Å². The Kier molecular flexibility index (Phi) is 6.28. The number of hydrogen-bond acceptors (Lipinski definition) is 7. The summed E-state index contributed by atoms with van der Waals surface area (Å²) in [6.45, 7) is 6.63. The normalized spacial score (nSPS) is 25.4. The van der Waals surface area contributed by atoms with Crippen molar-refractivity contribution in [2.45, 2.75) is 69.1 Å². The Balaban J connectivity index is 1.15. The molecule has 40 heavy (non-hydrogen) atoms. The fraction of sp³-hybridized carbons (Fsp3) is 0.548. The highest BCUT2D eigenvalue weighted by Gasteiger charge is 2.45. The molecule has 7 nitrogen and oxygen atoms in total. The summed E-state index contributed by atoms with van der Waals surface area (Å²) in [5.41, 5.74) is 3.61. The average molecular weight is 580 g/mol. The van der Waals surface area contributed by atoms with E-state index in [0.717, 1.165) is 54.0 Å². The van der Waals surface area contributed by atoms with Gasteiger partial charge in [0.1, 0.15) is 12.4 Å². The van der Waals surface area contributed by atoms with Crippen molar-refractivity contribution in [1.82, 2.24) is 20.2 Å². The zero-order valence-electron chi connectivity index (χ0n) is 22.8. The van der Waals surface area contributed by atoms with Crippen LogP contribution in [0.2, 0.25) is 10.0 Å². The molecule has 2 bridgehead atoms. The van der Waals surface area contributed by atoms with Gasteiger partial charge in [0, 0.05) is 48.4 Å². The molecule has 0 spiro atoms. The smallest absolute Gasteiger partial charge is 0.318 e. The molecule has 4 saturated heterocycles. The fourth-order valence-corrected chi connectivity index (χ4v) is 8.53. The third-order valence-corrected chi connectivity index (χ3v) is 10.9. The van der Waals surface area contributed by atoms with E-state index in [0.29, 0.717) is 41.3 Å². The Morgan fingerprint density at radius 3 is 2.55 bits per heavy atom. The van der Waals surface area contributed by atoms with E-state index in [1.165, 1.54) is 57.2 Å². The first-order valence-corrected chi connectivity index (χ1v) is 15.7. The van der Waals surface area contributed by atoms with Gasteiger partial charge in [0.2, 0.25) is 0 Å². The molecule has 0 radical (unpaired) electrons. The van der Waals surface area contributed by atoms with Crippen LogP contribution in [0, 0.1) is 0 Å². The predicted octanol–water partition coefficient (Wildman–Crippen LogP) is 5.45. The SMILES string of the molecule is Clc1ccc2cccc(N3CCc4c(nc(OCC56CCCN5CCC6)nc4N4CC5CCC(C4)N5)C3)c2c1Cl. The second-order valence-electron chi connectivity index (χ2n) is 12.4. The van der Waals surface area contributed by atoms with Gasteiger partial charge in [-0.1, -0.05) is 41.4 Å². The first-order valence-electron chi connectivity index (χ1n) is 15.0. The zero-order valence-corrected chi connectivity index (χ0v) is 24.4.